The van der Waals surface area contributed by atoms with E-state index in [1.54, 1.807) is 23.7 Å². The van der Waals surface area contributed by atoms with Crippen LogP contribution in [0.25, 0.3) is 0 Å². The lowest BCUT2D eigenvalue weighted by atomic mass is 10.3. The first-order valence-corrected chi connectivity index (χ1v) is 8.00. The first kappa shape index (κ1) is 13.6. The van der Waals surface area contributed by atoms with Gasteiger partial charge in [0, 0.05) is 36.2 Å². The van der Waals surface area contributed by atoms with Gasteiger partial charge in [0.05, 0.1) is 13.2 Å². The fourth-order valence-corrected chi connectivity index (χ4v) is 3.26. The van der Waals surface area contributed by atoms with Gasteiger partial charge in [-0.25, -0.2) is 9.97 Å². The van der Waals surface area contributed by atoms with Gasteiger partial charge in [0.25, 0.3) is 0 Å². The van der Waals surface area contributed by atoms with Gasteiger partial charge in [-0.2, -0.15) is 0 Å². The Morgan fingerprint density at radius 1 is 1.40 bits per heavy atom. The molecule has 0 unspecified atom stereocenters. The zero-order chi connectivity index (χ0) is 13.8. The first-order valence-electron chi connectivity index (χ1n) is 6.24. The van der Waals surface area contributed by atoms with Crippen LogP contribution in [0.4, 0.5) is 5.13 Å². The highest BCUT2D eigenvalue weighted by atomic mass is 32.1. The molecule has 1 saturated heterocycles. The average molecular weight is 310 g/mol. The second kappa shape index (κ2) is 6.40. The second-order valence-electron chi connectivity index (χ2n) is 4.35. The number of carbonyl (C=O) groups is 1. The molecule has 6 nitrogen and oxygen atoms in total. The minimum atomic E-state index is -0.0419. The lowest BCUT2D eigenvalue weighted by Gasteiger charge is -2.31. The highest BCUT2D eigenvalue weighted by molar-refractivity contribution is 7.13. The summed E-state index contributed by atoms with van der Waals surface area (Å²) in [5, 5.41) is 8.17. The summed E-state index contributed by atoms with van der Waals surface area (Å²) in [6.45, 7) is 2.42. The van der Waals surface area contributed by atoms with E-state index in [2.05, 4.69) is 20.2 Å². The number of carbonyl (C=O) groups excluding carboxylic acids is 1. The van der Waals surface area contributed by atoms with Crippen LogP contribution >= 0.6 is 22.7 Å². The first-order chi connectivity index (χ1) is 9.81. The summed E-state index contributed by atoms with van der Waals surface area (Å²) in [7, 11) is 0. The standard InChI is InChI=1S/C12H14N4O2S2/c17-10(15-12-14-2-6-20-12)8-16-3-4-18-9(7-16)11-13-1-5-19-11/h1-2,5-6,9H,3-4,7-8H2,(H,14,15,17)/t9-/m1/s1. The van der Waals surface area contributed by atoms with Crippen LogP contribution < -0.4 is 5.32 Å². The fraction of sp³-hybridized carbons (Fsp3) is 0.417. The van der Waals surface area contributed by atoms with Crippen LogP contribution in [-0.2, 0) is 9.53 Å². The zero-order valence-corrected chi connectivity index (χ0v) is 12.3. The van der Waals surface area contributed by atoms with Crippen molar-refractivity contribution in [2.75, 3.05) is 31.6 Å². The molecule has 2 aromatic rings. The Kier molecular flexibility index (Phi) is 4.36. The van der Waals surface area contributed by atoms with E-state index in [0.29, 0.717) is 24.8 Å². The van der Waals surface area contributed by atoms with Crippen molar-refractivity contribution >= 4 is 33.7 Å². The maximum Gasteiger partial charge on any atom is 0.240 e. The number of aromatic nitrogens is 2. The Morgan fingerprint density at radius 3 is 3.00 bits per heavy atom. The molecule has 0 radical (unpaired) electrons. The summed E-state index contributed by atoms with van der Waals surface area (Å²) in [6, 6.07) is 0. The predicted octanol–water partition coefficient (Wildman–Crippen LogP) is 1.61. The van der Waals surface area contributed by atoms with E-state index in [-0.39, 0.29) is 12.0 Å². The van der Waals surface area contributed by atoms with E-state index in [9.17, 15) is 4.79 Å². The number of thiazole rings is 2. The quantitative estimate of drug-likeness (QED) is 0.929. The van der Waals surface area contributed by atoms with E-state index in [1.807, 2.05) is 10.8 Å². The number of anilines is 1. The van der Waals surface area contributed by atoms with Crippen LogP contribution in [0.15, 0.2) is 23.2 Å². The lowest BCUT2D eigenvalue weighted by molar-refractivity contribution is -0.119. The third-order valence-corrected chi connectivity index (χ3v) is 4.48. The van der Waals surface area contributed by atoms with Crippen molar-refractivity contribution in [1.82, 2.24) is 14.9 Å². The smallest absolute Gasteiger partial charge is 0.240 e. The fourth-order valence-electron chi connectivity index (χ4n) is 2.04. The molecule has 2 aromatic heterocycles. The van der Waals surface area contributed by atoms with Gasteiger partial charge in [0.2, 0.25) is 5.91 Å². The predicted molar refractivity (Wildman–Crippen MR) is 78.0 cm³/mol. The SMILES string of the molecule is O=C(CN1CCO[C@@H](c2nccs2)C1)Nc1nccs1. The van der Waals surface area contributed by atoms with Crippen molar-refractivity contribution in [1.29, 1.82) is 0 Å². The lowest BCUT2D eigenvalue weighted by Crippen LogP contribution is -2.42. The highest BCUT2D eigenvalue weighted by Gasteiger charge is 2.25. The minimum absolute atomic E-state index is 0.0311. The number of hydrogen-bond acceptors (Lipinski definition) is 7. The van der Waals surface area contributed by atoms with Crippen molar-refractivity contribution in [3.63, 3.8) is 0 Å². The number of ether oxygens (including phenoxy) is 1. The van der Waals surface area contributed by atoms with Crippen molar-refractivity contribution in [2.45, 2.75) is 6.10 Å². The third kappa shape index (κ3) is 3.40. The molecule has 1 aliphatic rings. The molecule has 0 spiro atoms. The van der Waals surface area contributed by atoms with Crippen molar-refractivity contribution in [3.8, 4) is 0 Å². The summed E-state index contributed by atoms with van der Waals surface area (Å²) >= 11 is 3.00. The highest BCUT2D eigenvalue weighted by Crippen LogP contribution is 2.23. The Bertz CT molecular complexity index is 544. The molecule has 3 heterocycles. The van der Waals surface area contributed by atoms with E-state index in [1.165, 1.54) is 11.3 Å². The van der Waals surface area contributed by atoms with Gasteiger partial charge in [-0.05, 0) is 0 Å². The van der Waals surface area contributed by atoms with Crippen LogP contribution in [0.2, 0.25) is 0 Å². The van der Waals surface area contributed by atoms with E-state index in [0.717, 1.165) is 11.6 Å². The Balaban J connectivity index is 1.53. The van der Waals surface area contributed by atoms with Gasteiger partial charge in [0.1, 0.15) is 11.1 Å². The van der Waals surface area contributed by atoms with Crippen LogP contribution in [0, 0.1) is 0 Å². The van der Waals surface area contributed by atoms with Crippen LogP contribution in [-0.4, -0.2) is 47.0 Å². The van der Waals surface area contributed by atoms with E-state index < -0.39 is 0 Å². The largest absolute Gasteiger partial charge is 0.368 e. The Labute approximate surface area is 124 Å². The van der Waals surface area contributed by atoms with Crippen molar-refractivity contribution < 1.29 is 9.53 Å². The maximum absolute atomic E-state index is 11.9. The molecule has 0 aliphatic carbocycles. The topological polar surface area (TPSA) is 67.4 Å². The van der Waals surface area contributed by atoms with Crippen LogP contribution in [0.3, 0.4) is 0 Å². The summed E-state index contributed by atoms with van der Waals surface area (Å²) in [5.41, 5.74) is 0. The number of rotatable bonds is 4. The summed E-state index contributed by atoms with van der Waals surface area (Å²) in [4.78, 5) is 22.3. The van der Waals surface area contributed by atoms with E-state index >= 15 is 0 Å². The molecule has 1 fully saturated rings. The van der Waals surface area contributed by atoms with Gasteiger partial charge in [-0.1, -0.05) is 0 Å². The average Bonchev–Trinajstić information content (AvgIpc) is 3.11. The van der Waals surface area contributed by atoms with Crippen molar-refractivity contribution in [2.24, 2.45) is 0 Å². The molecule has 1 aliphatic heterocycles. The molecule has 0 aromatic carbocycles. The van der Waals surface area contributed by atoms with Crippen LogP contribution in [0.1, 0.15) is 11.1 Å². The molecule has 1 amide bonds. The van der Waals surface area contributed by atoms with Crippen LogP contribution in [0.5, 0.6) is 0 Å². The van der Waals surface area contributed by atoms with Gasteiger partial charge in [-0.15, -0.1) is 22.7 Å². The summed E-state index contributed by atoms with van der Waals surface area (Å²) in [6.07, 6.45) is 3.42. The Morgan fingerprint density at radius 2 is 2.25 bits per heavy atom. The summed E-state index contributed by atoms with van der Waals surface area (Å²) < 4.78 is 5.70. The maximum atomic E-state index is 11.9. The molecular formula is C12H14N4O2S2. The molecule has 20 heavy (non-hydrogen) atoms. The molecule has 106 valence electrons. The second-order valence-corrected chi connectivity index (χ2v) is 6.17. The van der Waals surface area contributed by atoms with Gasteiger partial charge in [-0.3, -0.25) is 9.69 Å². The Hall–Kier alpha value is -1.35. The van der Waals surface area contributed by atoms with Gasteiger partial charge in [0.15, 0.2) is 5.13 Å². The van der Waals surface area contributed by atoms with Gasteiger partial charge >= 0.3 is 0 Å². The zero-order valence-electron chi connectivity index (χ0n) is 10.7. The van der Waals surface area contributed by atoms with Crippen molar-refractivity contribution in [3.05, 3.63) is 28.2 Å². The number of nitrogens with one attached hydrogen (secondary N) is 1. The minimum Gasteiger partial charge on any atom is -0.368 e. The normalized spacial score (nSPS) is 19.9. The van der Waals surface area contributed by atoms with E-state index in [4.69, 9.17) is 4.74 Å². The monoisotopic (exact) mass is 310 g/mol. The number of morpholine rings is 1. The molecular weight excluding hydrogens is 296 g/mol. The number of hydrogen-bond donors (Lipinski definition) is 1. The number of nitrogens with zero attached hydrogens (tertiary/aromatic N) is 3. The summed E-state index contributed by atoms with van der Waals surface area (Å²) in [5.74, 6) is -0.0419. The molecule has 3 rings (SSSR count). The van der Waals surface area contributed by atoms with Gasteiger partial charge < -0.3 is 10.1 Å². The molecule has 0 saturated carbocycles. The third-order valence-electron chi connectivity index (χ3n) is 2.92. The molecule has 8 heteroatoms. The number of amides is 1. The molecule has 0 bridgehead atoms. The molecule has 1 N–H and O–H groups in total. The molecule has 1 atom stereocenters.